The maximum absolute atomic E-state index is 11.6. The number of thiazole rings is 1. The van der Waals surface area contributed by atoms with Gasteiger partial charge in [0.2, 0.25) is 0 Å². The second-order valence-electron chi connectivity index (χ2n) is 4.97. The molecule has 8 heteroatoms. The number of hydrogen-bond donors (Lipinski definition) is 1. The van der Waals surface area contributed by atoms with E-state index in [1.165, 1.54) is 23.1 Å². The van der Waals surface area contributed by atoms with Gasteiger partial charge in [0.15, 0.2) is 6.04 Å². The van der Waals surface area contributed by atoms with Crippen LogP contribution < -0.4 is 4.74 Å². The number of thioether (sulfide) groups is 1. The fourth-order valence-corrected chi connectivity index (χ4v) is 4.16. The van der Waals surface area contributed by atoms with E-state index in [9.17, 15) is 9.59 Å². The second kappa shape index (κ2) is 6.67. The number of rotatable bonds is 5. The topological polar surface area (TPSA) is 88.9 Å². The molecule has 0 spiro atoms. The smallest absolute Gasteiger partial charge is 0.329 e. The molecule has 3 rings (SSSR count). The minimum Gasteiger partial charge on any atom is -0.480 e. The second-order valence-corrected chi connectivity index (χ2v) is 7.01. The van der Waals surface area contributed by atoms with Gasteiger partial charge in [-0.05, 0) is 18.6 Å². The first-order chi connectivity index (χ1) is 11.1. The number of aliphatic carboxylic acids is 1. The highest BCUT2D eigenvalue weighted by molar-refractivity contribution is 8.15. The summed E-state index contributed by atoms with van der Waals surface area (Å²) < 4.78 is 6.15. The van der Waals surface area contributed by atoms with Gasteiger partial charge in [0.05, 0.1) is 10.2 Å². The minimum absolute atomic E-state index is 0.253. The van der Waals surface area contributed by atoms with E-state index in [1.54, 1.807) is 18.2 Å². The molecule has 1 atom stereocenters. The van der Waals surface area contributed by atoms with Crippen molar-refractivity contribution in [2.24, 2.45) is 4.99 Å². The number of aliphatic imine (C=N–C) groups is 1. The molecule has 0 saturated heterocycles. The number of hydrogen-bond acceptors (Lipinski definition) is 7. The van der Waals surface area contributed by atoms with Crippen LogP contribution in [-0.2, 0) is 9.59 Å². The van der Waals surface area contributed by atoms with Gasteiger partial charge in [-0.3, -0.25) is 9.79 Å². The highest BCUT2D eigenvalue weighted by atomic mass is 32.2. The van der Waals surface area contributed by atoms with Crippen molar-refractivity contribution in [3.63, 3.8) is 0 Å². The van der Waals surface area contributed by atoms with Crippen molar-refractivity contribution in [1.82, 2.24) is 4.98 Å². The van der Waals surface area contributed by atoms with Crippen LogP contribution in [-0.4, -0.2) is 38.9 Å². The monoisotopic (exact) mass is 350 g/mol. The maximum atomic E-state index is 11.6. The summed E-state index contributed by atoms with van der Waals surface area (Å²) in [6.07, 6.45) is 1.13. The molecule has 1 aliphatic heterocycles. The first-order valence-corrected chi connectivity index (χ1v) is 8.92. The molecule has 0 fully saturated rings. The SMILES string of the molecule is CCCC(=O)Oc1ccc2nc(C3=N[C@@H](C(=O)O)CS3)sc2c1. The number of aromatic nitrogens is 1. The molecule has 0 saturated carbocycles. The number of fused-ring (bicyclic) bond motifs is 1. The Morgan fingerprint density at radius 1 is 1.43 bits per heavy atom. The molecule has 6 nitrogen and oxygen atoms in total. The zero-order chi connectivity index (χ0) is 16.4. The Bertz CT molecular complexity index is 800. The standard InChI is InChI=1S/C15H14N2O4S2/c1-2-3-12(18)21-8-4-5-9-11(6-8)23-14(16-9)13-17-10(7-22-13)15(19)20/h4-6,10H,2-3,7H2,1H3,(H,19,20)/t10-/m1/s1. The van der Waals surface area contributed by atoms with Crippen molar-refractivity contribution >= 4 is 50.3 Å². The lowest BCUT2D eigenvalue weighted by Gasteiger charge is -2.02. The van der Waals surface area contributed by atoms with Crippen LogP contribution in [0, 0.1) is 0 Å². The quantitative estimate of drug-likeness (QED) is 0.659. The summed E-state index contributed by atoms with van der Waals surface area (Å²) >= 11 is 2.82. The first-order valence-electron chi connectivity index (χ1n) is 7.12. The lowest BCUT2D eigenvalue weighted by atomic mass is 10.3. The molecule has 1 aliphatic rings. The van der Waals surface area contributed by atoms with Gasteiger partial charge in [0.1, 0.15) is 15.8 Å². The highest BCUT2D eigenvalue weighted by Crippen LogP contribution is 2.31. The zero-order valence-electron chi connectivity index (χ0n) is 12.3. The lowest BCUT2D eigenvalue weighted by molar-refractivity contribution is -0.138. The number of benzene rings is 1. The molecule has 0 radical (unpaired) electrons. The van der Waals surface area contributed by atoms with Gasteiger partial charge < -0.3 is 9.84 Å². The van der Waals surface area contributed by atoms with Crippen molar-refractivity contribution in [3.8, 4) is 5.75 Å². The van der Waals surface area contributed by atoms with E-state index >= 15 is 0 Å². The number of carbonyl (C=O) groups is 2. The molecule has 2 aromatic rings. The predicted octanol–water partition coefficient (Wildman–Crippen LogP) is 2.95. The molecule has 2 heterocycles. The molecular formula is C15H14N2O4S2. The van der Waals surface area contributed by atoms with E-state index in [-0.39, 0.29) is 5.97 Å². The van der Waals surface area contributed by atoms with Crippen LogP contribution in [0.15, 0.2) is 23.2 Å². The van der Waals surface area contributed by atoms with Crippen LogP contribution >= 0.6 is 23.1 Å². The van der Waals surface area contributed by atoms with Gasteiger partial charge in [-0.2, -0.15) is 0 Å². The molecule has 1 aromatic carbocycles. The summed E-state index contributed by atoms with van der Waals surface area (Å²) in [6, 6.07) is 4.58. The summed E-state index contributed by atoms with van der Waals surface area (Å²) in [7, 11) is 0. The number of carboxylic acids is 1. The third-order valence-corrected chi connectivity index (χ3v) is 5.37. The Labute approximate surface area is 140 Å². The van der Waals surface area contributed by atoms with Crippen molar-refractivity contribution in [1.29, 1.82) is 0 Å². The average Bonchev–Trinajstić information content (AvgIpc) is 3.13. The summed E-state index contributed by atoms with van der Waals surface area (Å²) in [4.78, 5) is 31.2. The summed E-state index contributed by atoms with van der Waals surface area (Å²) in [5.41, 5.74) is 0.780. The van der Waals surface area contributed by atoms with Crippen molar-refractivity contribution in [2.45, 2.75) is 25.8 Å². The largest absolute Gasteiger partial charge is 0.480 e. The van der Waals surface area contributed by atoms with E-state index in [4.69, 9.17) is 9.84 Å². The molecule has 23 heavy (non-hydrogen) atoms. The average molecular weight is 350 g/mol. The van der Waals surface area contributed by atoms with Crippen LogP contribution in [0.4, 0.5) is 0 Å². The van der Waals surface area contributed by atoms with Crippen molar-refractivity contribution in [2.75, 3.05) is 5.75 Å². The Kier molecular flexibility index (Phi) is 4.63. The minimum atomic E-state index is -0.918. The molecule has 0 aliphatic carbocycles. The van der Waals surface area contributed by atoms with Crippen molar-refractivity contribution in [3.05, 3.63) is 23.2 Å². The zero-order valence-corrected chi connectivity index (χ0v) is 13.9. The summed E-state index contributed by atoms with van der Waals surface area (Å²) in [5.74, 6) is -0.244. The van der Waals surface area contributed by atoms with Crippen molar-refractivity contribution < 1.29 is 19.4 Å². The summed E-state index contributed by atoms with van der Waals surface area (Å²) in [6.45, 7) is 1.92. The van der Waals surface area contributed by atoms with Gasteiger partial charge in [-0.1, -0.05) is 6.92 Å². The van der Waals surface area contributed by atoms with Crippen LogP contribution in [0.1, 0.15) is 24.8 Å². The molecule has 1 N–H and O–H groups in total. The van der Waals surface area contributed by atoms with E-state index in [0.717, 1.165) is 16.6 Å². The molecule has 120 valence electrons. The number of ether oxygens (including phenoxy) is 1. The van der Waals surface area contributed by atoms with Gasteiger partial charge in [0.25, 0.3) is 0 Å². The third-order valence-electron chi connectivity index (χ3n) is 3.16. The van der Waals surface area contributed by atoms with Gasteiger partial charge in [-0.25, -0.2) is 9.78 Å². The van der Waals surface area contributed by atoms with E-state index < -0.39 is 12.0 Å². The molecule has 1 aromatic heterocycles. The molecule has 0 bridgehead atoms. The molecule has 0 amide bonds. The van der Waals surface area contributed by atoms with E-state index in [2.05, 4.69) is 9.98 Å². The number of esters is 1. The number of carboxylic acid groups (broad SMARTS) is 1. The normalized spacial score (nSPS) is 17.3. The van der Waals surface area contributed by atoms with Crippen LogP contribution in [0.5, 0.6) is 5.75 Å². The number of carbonyl (C=O) groups excluding carboxylic acids is 1. The highest BCUT2D eigenvalue weighted by Gasteiger charge is 2.26. The Balaban J connectivity index is 1.84. The van der Waals surface area contributed by atoms with E-state index in [0.29, 0.717) is 28.0 Å². The fourth-order valence-electron chi connectivity index (χ4n) is 2.06. The third kappa shape index (κ3) is 3.53. The fraction of sp³-hybridized carbons (Fsp3) is 0.333. The molecular weight excluding hydrogens is 336 g/mol. The summed E-state index contributed by atoms with van der Waals surface area (Å²) in [5, 5.41) is 10.4. The molecule has 0 unspecified atom stereocenters. The van der Waals surface area contributed by atoms with Crippen LogP contribution in [0.2, 0.25) is 0 Å². The predicted molar refractivity (Wildman–Crippen MR) is 90.6 cm³/mol. The Hall–Kier alpha value is -1.93. The maximum Gasteiger partial charge on any atom is 0.329 e. The van der Waals surface area contributed by atoms with Gasteiger partial charge >= 0.3 is 11.9 Å². The number of nitrogens with zero attached hydrogens (tertiary/aromatic N) is 2. The van der Waals surface area contributed by atoms with E-state index in [1.807, 2.05) is 6.92 Å². The lowest BCUT2D eigenvalue weighted by Crippen LogP contribution is -2.17. The van der Waals surface area contributed by atoms with Gasteiger partial charge in [-0.15, -0.1) is 23.1 Å². The Morgan fingerprint density at radius 3 is 2.96 bits per heavy atom. The van der Waals surface area contributed by atoms with Gasteiger partial charge in [0, 0.05) is 18.2 Å². The first kappa shape index (κ1) is 15.9. The van der Waals surface area contributed by atoms with Crippen LogP contribution in [0.25, 0.3) is 10.2 Å². The van der Waals surface area contributed by atoms with Crippen LogP contribution in [0.3, 0.4) is 0 Å². The Morgan fingerprint density at radius 2 is 2.26 bits per heavy atom.